The van der Waals surface area contributed by atoms with Crippen molar-refractivity contribution < 1.29 is 14.3 Å². The Balaban J connectivity index is 2.50. The third kappa shape index (κ3) is 3.21. The van der Waals surface area contributed by atoms with Gasteiger partial charge in [0, 0.05) is 7.05 Å². The zero-order valence-corrected chi connectivity index (χ0v) is 13.8. The molecule has 0 spiro atoms. The van der Waals surface area contributed by atoms with Crippen molar-refractivity contribution in [1.29, 1.82) is 0 Å². The smallest absolute Gasteiger partial charge is 0.343 e. The number of fused-ring (bicyclic) bond motifs is 1. The molecule has 0 aliphatic heterocycles. The van der Waals surface area contributed by atoms with E-state index in [1.54, 1.807) is 20.2 Å². The number of aromatic nitrogens is 3. The standard InChI is InChI=1S/C16H23N3O3/c1-6-21-16(20)12-11(4)18-15-13(17-9-19(15)5)14(12)22-8-7-10(2)3/h9-10H,6-8H2,1-5H3. The number of carbonyl (C=O) groups excluding carboxylic acids is 1. The summed E-state index contributed by atoms with van der Waals surface area (Å²) < 4.78 is 12.9. The largest absolute Gasteiger partial charge is 0.490 e. The number of rotatable bonds is 6. The van der Waals surface area contributed by atoms with Crippen molar-refractivity contribution in [2.24, 2.45) is 13.0 Å². The number of carbonyl (C=O) groups is 1. The van der Waals surface area contributed by atoms with Gasteiger partial charge in [0.05, 0.1) is 25.2 Å². The van der Waals surface area contributed by atoms with Crippen molar-refractivity contribution in [3.8, 4) is 5.75 Å². The van der Waals surface area contributed by atoms with Crippen LogP contribution in [0.1, 0.15) is 43.2 Å². The summed E-state index contributed by atoms with van der Waals surface area (Å²) >= 11 is 0. The van der Waals surface area contributed by atoms with Crippen molar-refractivity contribution in [1.82, 2.24) is 14.5 Å². The highest BCUT2D eigenvalue weighted by Gasteiger charge is 2.23. The number of pyridine rings is 1. The van der Waals surface area contributed by atoms with E-state index in [0.29, 0.717) is 47.3 Å². The predicted octanol–water partition coefficient (Wildman–Crippen LogP) is 2.88. The topological polar surface area (TPSA) is 66.2 Å². The van der Waals surface area contributed by atoms with E-state index in [0.717, 1.165) is 6.42 Å². The van der Waals surface area contributed by atoms with Gasteiger partial charge in [0.25, 0.3) is 0 Å². The number of ether oxygens (including phenoxy) is 2. The van der Waals surface area contributed by atoms with Crippen LogP contribution in [-0.2, 0) is 11.8 Å². The highest BCUT2D eigenvalue weighted by atomic mass is 16.5. The van der Waals surface area contributed by atoms with Crippen molar-refractivity contribution in [3.05, 3.63) is 17.6 Å². The van der Waals surface area contributed by atoms with Crippen LogP contribution in [0.4, 0.5) is 0 Å². The fourth-order valence-corrected chi connectivity index (χ4v) is 2.19. The fraction of sp³-hybridized carbons (Fsp3) is 0.562. The lowest BCUT2D eigenvalue weighted by molar-refractivity contribution is 0.0520. The maximum Gasteiger partial charge on any atom is 0.343 e. The van der Waals surface area contributed by atoms with Gasteiger partial charge >= 0.3 is 5.97 Å². The Kier molecular flexibility index (Phi) is 5.00. The highest BCUT2D eigenvalue weighted by Crippen LogP contribution is 2.30. The minimum Gasteiger partial charge on any atom is -0.490 e. The predicted molar refractivity (Wildman–Crippen MR) is 84.2 cm³/mol. The molecule has 0 aromatic carbocycles. The maximum absolute atomic E-state index is 12.3. The quantitative estimate of drug-likeness (QED) is 0.768. The van der Waals surface area contributed by atoms with E-state index >= 15 is 0 Å². The molecule has 22 heavy (non-hydrogen) atoms. The maximum atomic E-state index is 12.3. The Hall–Kier alpha value is -2.11. The molecule has 0 atom stereocenters. The minimum absolute atomic E-state index is 0.309. The molecule has 0 N–H and O–H groups in total. The van der Waals surface area contributed by atoms with Gasteiger partial charge in [0.1, 0.15) is 5.56 Å². The summed E-state index contributed by atoms with van der Waals surface area (Å²) in [5.41, 5.74) is 2.26. The molecule has 0 amide bonds. The van der Waals surface area contributed by atoms with Crippen LogP contribution in [0, 0.1) is 12.8 Å². The average Bonchev–Trinajstić information content (AvgIpc) is 2.80. The van der Waals surface area contributed by atoms with Gasteiger partial charge < -0.3 is 14.0 Å². The molecule has 0 aliphatic carbocycles. The van der Waals surface area contributed by atoms with E-state index in [1.807, 2.05) is 11.6 Å². The van der Waals surface area contributed by atoms with E-state index < -0.39 is 5.97 Å². The number of hydrogen-bond donors (Lipinski definition) is 0. The third-order valence-electron chi connectivity index (χ3n) is 3.40. The summed E-state index contributed by atoms with van der Waals surface area (Å²) in [6.45, 7) is 8.66. The number of imidazole rings is 1. The summed E-state index contributed by atoms with van der Waals surface area (Å²) in [5, 5.41) is 0. The fourth-order valence-electron chi connectivity index (χ4n) is 2.19. The lowest BCUT2D eigenvalue weighted by atomic mass is 10.1. The zero-order chi connectivity index (χ0) is 16.3. The molecule has 2 aromatic rings. The van der Waals surface area contributed by atoms with Crippen LogP contribution in [-0.4, -0.2) is 33.7 Å². The molecule has 0 unspecified atom stereocenters. The second kappa shape index (κ2) is 6.77. The van der Waals surface area contributed by atoms with Crippen molar-refractivity contribution in [3.63, 3.8) is 0 Å². The van der Waals surface area contributed by atoms with E-state index in [2.05, 4.69) is 23.8 Å². The van der Waals surface area contributed by atoms with Gasteiger partial charge in [-0.05, 0) is 26.2 Å². The molecular formula is C16H23N3O3. The van der Waals surface area contributed by atoms with E-state index in [1.165, 1.54) is 0 Å². The first kappa shape index (κ1) is 16.3. The van der Waals surface area contributed by atoms with Crippen LogP contribution < -0.4 is 4.74 Å². The van der Waals surface area contributed by atoms with E-state index in [-0.39, 0.29) is 0 Å². The Morgan fingerprint density at radius 3 is 2.77 bits per heavy atom. The summed E-state index contributed by atoms with van der Waals surface area (Å²) in [5.74, 6) is 0.579. The zero-order valence-electron chi connectivity index (χ0n) is 13.8. The van der Waals surface area contributed by atoms with Crippen LogP contribution in [0.15, 0.2) is 6.33 Å². The molecule has 2 heterocycles. The molecule has 0 saturated heterocycles. The Labute approximate surface area is 130 Å². The Bertz CT molecular complexity index is 677. The molecule has 0 radical (unpaired) electrons. The van der Waals surface area contributed by atoms with Gasteiger partial charge in [-0.25, -0.2) is 14.8 Å². The van der Waals surface area contributed by atoms with E-state index in [4.69, 9.17) is 9.47 Å². The number of aryl methyl sites for hydroxylation is 2. The second-order valence-electron chi connectivity index (χ2n) is 5.68. The summed E-state index contributed by atoms with van der Waals surface area (Å²) in [6.07, 6.45) is 2.57. The first-order valence-electron chi connectivity index (χ1n) is 7.57. The van der Waals surface area contributed by atoms with Crippen LogP contribution in [0.3, 0.4) is 0 Å². The normalized spacial score (nSPS) is 11.2. The van der Waals surface area contributed by atoms with Crippen LogP contribution >= 0.6 is 0 Å². The van der Waals surface area contributed by atoms with Crippen LogP contribution in [0.2, 0.25) is 0 Å². The average molecular weight is 305 g/mol. The van der Waals surface area contributed by atoms with Gasteiger partial charge in [0.2, 0.25) is 0 Å². The number of nitrogens with zero attached hydrogens (tertiary/aromatic N) is 3. The number of esters is 1. The molecule has 0 saturated carbocycles. The van der Waals surface area contributed by atoms with Gasteiger partial charge in [-0.3, -0.25) is 0 Å². The van der Waals surface area contributed by atoms with Gasteiger partial charge in [-0.1, -0.05) is 13.8 Å². The first-order chi connectivity index (χ1) is 10.5. The lowest BCUT2D eigenvalue weighted by Gasteiger charge is -2.14. The second-order valence-corrected chi connectivity index (χ2v) is 5.68. The van der Waals surface area contributed by atoms with Crippen LogP contribution in [0.25, 0.3) is 11.2 Å². The molecule has 6 nitrogen and oxygen atoms in total. The van der Waals surface area contributed by atoms with Gasteiger partial charge in [-0.15, -0.1) is 0 Å². The minimum atomic E-state index is -0.417. The molecule has 0 bridgehead atoms. The molecule has 0 aliphatic rings. The Morgan fingerprint density at radius 1 is 1.41 bits per heavy atom. The molecule has 6 heteroatoms. The van der Waals surface area contributed by atoms with Crippen LogP contribution in [0.5, 0.6) is 5.75 Å². The summed E-state index contributed by atoms with van der Waals surface area (Å²) in [4.78, 5) is 21.0. The molecule has 2 aromatic heterocycles. The Morgan fingerprint density at radius 2 is 2.14 bits per heavy atom. The van der Waals surface area contributed by atoms with Crippen molar-refractivity contribution in [2.75, 3.05) is 13.2 Å². The SMILES string of the molecule is CCOC(=O)c1c(C)nc2c(ncn2C)c1OCCC(C)C. The van der Waals surface area contributed by atoms with Gasteiger partial charge in [0.15, 0.2) is 16.9 Å². The summed E-state index contributed by atoms with van der Waals surface area (Å²) in [6, 6.07) is 0. The molecule has 120 valence electrons. The molecular weight excluding hydrogens is 282 g/mol. The van der Waals surface area contributed by atoms with E-state index in [9.17, 15) is 4.79 Å². The van der Waals surface area contributed by atoms with Crippen molar-refractivity contribution in [2.45, 2.75) is 34.1 Å². The highest BCUT2D eigenvalue weighted by molar-refractivity contribution is 5.99. The van der Waals surface area contributed by atoms with Gasteiger partial charge in [-0.2, -0.15) is 0 Å². The summed E-state index contributed by atoms with van der Waals surface area (Å²) in [7, 11) is 1.86. The third-order valence-corrected chi connectivity index (χ3v) is 3.40. The first-order valence-corrected chi connectivity index (χ1v) is 7.57. The monoisotopic (exact) mass is 305 g/mol. The lowest BCUT2D eigenvalue weighted by Crippen LogP contribution is -2.13. The van der Waals surface area contributed by atoms with Crippen molar-refractivity contribution >= 4 is 17.1 Å². The number of hydrogen-bond acceptors (Lipinski definition) is 5. The molecule has 2 rings (SSSR count). The molecule has 0 fully saturated rings.